The van der Waals surface area contributed by atoms with Crippen LogP contribution in [0.15, 0.2) is 41.6 Å². The molecule has 1 aromatic rings. The summed E-state index contributed by atoms with van der Waals surface area (Å²) in [5.74, 6) is -0.421. The van der Waals surface area contributed by atoms with Crippen molar-refractivity contribution in [3.05, 3.63) is 47.5 Å². The lowest BCUT2D eigenvalue weighted by Crippen LogP contribution is -2.54. The van der Waals surface area contributed by atoms with Gasteiger partial charge in [0.2, 0.25) is 0 Å². The van der Waals surface area contributed by atoms with Crippen LogP contribution in [0.25, 0.3) is 0 Å². The third kappa shape index (κ3) is 5.91. The maximum atomic E-state index is 11.4. The number of carbonyl (C=O) groups excluding carboxylic acids is 1. The maximum absolute atomic E-state index is 11.4. The highest BCUT2D eigenvalue weighted by Crippen LogP contribution is 2.23. The van der Waals surface area contributed by atoms with E-state index in [1.165, 1.54) is 5.56 Å². The van der Waals surface area contributed by atoms with E-state index in [4.69, 9.17) is 14.3 Å². The first kappa shape index (κ1) is 21.1. The van der Waals surface area contributed by atoms with Crippen molar-refractivity contribution >= 4 is 11.7 Å². The monoisotopic (exact) mass is 374 g/mol. The maximum Gasteiger partial charge on any atom is 0.333 e. The van der Waals surface area contributed by atoms with Gasteiger partial charge in [-0.1, -0.05) is 41.6 Å². The van der Waals surface area contributed by atoms with Crippen molar-refractivity contribution in [2.24, 2.45) is 5.16 Å². The molecule has 0 aliphatic carbocycles. The second-order valence-corrected chi connectivity index (χ2v) is 7.21. The summed E-state index contributed by atoms with van der Waals surface area (Å²) in [6.07, 6.45) is 0. The number of ether oxygens (including phenoxy) is 2. The fourth-order valence-electron chi connectivity index (χ4n) is 2.91. The minimum Gasteiger partial charge on any atom is -0.459 e. The molecule has 27 heavy (non-hydrogen) atoms. The normalized spacial score (nSPS) is 16.1. The van der Waals surface area contributed by atoms with Crippen LogP contribution in [-0.4, -0.2) is 61.6 Å². The third-order valence-corrected chi connectivity index (χ3v) is 4.62. The molecule has 1 fully saturated rings. The molecule has 0 atom stereocenters. The molecule has 0 bridgehead atoms. The molecule has 0 spiro atoms. The minimum atomic E-state index is -0.421. The number of hydrogen-bond acceptors (Lipinski definition) is 6. The highest BCUT2D eigenvalue weighted by molar-refractivity contribution is 6.06. The van der Waals surface area contributed by atoms with Gasteiger partial charge in [0, 0.05) is 24.2 Å². The van der Waals surface area contributed by atoms with Gasteiger partial charge in [-0.2, -0.15) is 0 Å². The van der Waals surface area contributed by atoms with Crippen molar-refractivity contribution in [3.8, 4) is 0 Å². The van der Waals surface area contributed by atoms with Gasteiger partial charge in [0.1, 0.15) is 12.3 Å². The average Bonchev–Trinajstić information content (AvgIpc) is 2.66. The summed E-state index contributed by atoms with van der Waals surface area (Å²) in [6, 6.07) is 8.24. The summed E-state index contributed by atoms with van der Waals surface area (Å²) in [4.78, 5) is 19.3. The Labute approximate surface area is 161 Å². The molecule has 6 heteroatoms. The largest absolute Gasteiger partial charge is 0.459 e. The highest BCUT2D eigenvalue weighted by Gasteiger charge is 2.35. The molecular weight excluding hydrogens is 344 g/mol. The summed E-state index contributed by atoms with van der Waals surface area (Å²) in [5, 5.41) is 4.43. The Bertz CT molecular complexity index is 674. The lowest BCUT2D eigenvalue weighted by Gasteiger charge is -2.41. The van der Waals surface area contributed by atoms with Crippen molar-refractivity contribution < 1.29 is 19.1 Å². The van der Waals surface area contributed by atoms with E-state index in [1.807, 2.05) is 0 Å². The Kier molecular flexibility index (Phi) is 7.56. The van der Waals surface area contributed by atoms with Crippen molar-refractivity contribution in [1.82, 2.24) is 4.90 Å². The number of hydrogen-bond donors (Lipinski definition) is 0. The second kappa shape index (κ2) is 9.67. The molecule has 0 N–H and O–H groups in total. The van der Waals surface area contributed by atoms with Crippen LogP contribution in [-0.2, 0) is 19.1 Å². The Morgan fingerprint density at radius 2 is 1.85 bits per heavy atom. The molecule has 2 rings (SSSR count). The summed E-state index contributed by atoms with van der Waals surface area (Å²) in [7, 11) is 0. The molecule has 1 heterocycles. The van der Waals surface area contributed by atoms with Crippen LogP contribution in [0.3, 0.4) is 0 Å². The Hall–Kier alpha value is -2.18. The molecule has 0 amide bonds. The molecule has 1 saturated heterocycles. The summed E-state index contributed by atoms with van der Waals surface area (Å²) in [5.41, 5.74) is 3.09. The van der Waals surface area contributed by atoms with Gasteiger partial charge in [-0.3, -0.25) is 4.90 Å². The number of carbonyl (C=O) groups is 1. The van der Waals surface area contributed by atoms with E-state index < -0.39 is 5.97 Å². The van der Waals surface area contributed by atoms with Crippen molar-refractivity contribution in [2.45, 2.75) is 33.2 Å². The Morgan fingerprint density at radius 3 is 2.44 bits per heavy atom. The van der Waals surface area contributed by atoms with Crippen LogP contribution in [0.1, 0.15) is 31.9 Å². The van der Waals surface area contributed by atoms with Crippen molar-refractivity contribution in [3.63, 3.8) is 0 Å². The molecule has 0 aromatic heterocycles. The van der Waals surface area contributed by atoms with Crippen molar-refractivity contribution in [1.29, 1.82) is 0 Å². The second-order valence-electron chi connectivity index (χ2n) is 7.21. The van der Waals surface area contributed by atoms with Crippen LogP contribution in [0, 0.1) is 6.92 Å². The fourth-order valence-corrected chi connectivity index (χ4v) is 2.91. The van der Waals surface area contributed by atoms with Crippen LogP contribution in [0.5, 0.6) is 0 Å². The fraction of sp³-hybridized carbons (Fsp3) is 0.524. The summed E-state index contributed by atoms with van der Waals surface area (Å²) in [6.45, 7) is 14.9. The zero-order valence-corrected chi connectivity index (χ0v) is 16.8. The lowest BCUT2D eigenvalue weighted by atomic mass is 9.89. The molecule has 1 aliphatic heterocycles. The smallest absolute Gasteiger partial charge is 0.333 e. The van der Waals surface area contributed by atoms with Gasteiger partial charge in [-0.15, -0.1) is 0 Å². The molecule has 0 saturated carbocycles. The van der Waals surface area contributed by atoms with E-state index in [9.17, 15) is 4.79 Å². The molecule has 6 nitrogen and oxygen atoms in total. The minimum absolute atomic E-state index is 0.133. The van der Waals surface area contributed by atoms with Gasteiger partial charge >= 0.3 is 5.97 Å². The van der Waals surface area contributed by atoms with E-state index in [-0.39, 0.29) is 18.8 Å². The van der Waals surface area contributed by atoms with Gasteiger partial charge in [-0.05, 0) is 27.7 Å². The van der Waals surface area contributed by atoms with E-state index in [0.717, 1.165) is 24.4 Å². The zero-order chi connectivity index (χ0) is 19.9. The van der Waals surface area contributed by atoms with Gasteiger partial charge in [0.25, 0.3) is 0 Å². The molecule has 1 aromatic carbocycles. The standard InChI is InChI=1S/C21H30N2O4/c1-16(2)20(24)26-14-15-27-22-19(18-8-6-17(3)7-9-18)21(4,5)23-10-12-25-13-11-23/h6-9H,1,10-15H2,2-5H3/b22-19-. The van der Waals surface area contributed by atoms with E-state index in [2.05, 4.69) is 61.7 Å². The van der Waals surface area contributed by atoms with Crippen LogP contribution < -0.4 is 0 Å². The van der Waals surface area contributed by atoms with Gasteiger partial charge in [-0.25, -0.2) is 4.79 Å². The number of morpholine rings is 1. The van der Waals surface area contributed by atoms with Crippen molar-refractivity contribution in [2.75, 3.05) is 39.5 Å². The SMILES string of the molecule is C=C(C)C(=O)OCCO/N=C(/c1ccc(C)cc1)C(C)(C)N1CCOCC1. The molecular formula is C21H30N2O4. The predicted octanol–water partition coefficient (Wildman–Crippen LogP) is 2.95. The van der Waals surface area contributed by atoms with Gasteiger partial charge < -0.3 is 14.3 Å². The molecule has 148 valence electrons. The first-order chi connectivity index (χ1) is 12.8. The number of oxime groups is 1. The highest BCUT2D eigenvalue weighted by atomic mass is 16.6. The number of esters is 1. The van der Waals surface area contributed by atoms with E-state index >= 15 is 0 Å². The first-order valence-electron chi connectivity index (χ1n) is 9.25. The van der Waals surface area contributed by atoms with Crippen LogP contribution in [0.2, 0.25) is 0 Å². The van der Waals surface area contributed by atoms with E-state index in [1.54, 1.807) is 6.92 Å². The number of rotatable bonds is 8. The third-order valence-electron chi connectivity index (χ3n) is 4.62. The average molecular weight is 374 g/mol. The molecule has 0 unspecified atom stereocenters. The van der Waals surface area contributed by atoms with E-state index in [0.29, 0.717) is 18.8 Å². The number of aryl methyl sites for hydroxylation is 1. The Balaban J connectivity index is 2.12. The first-order valence-corrected chi connectivity index (χ1v) is 9.25. The summed E-state index contributed by atoms with van der Waals surface area (Å²) >= 11 is 0. The Morgan fingerprint density at radius 1 is 1.22 bits per heavy atom. The summed E-state index contributed by atoms with van der Waals surface area (Å²) < 4.78 is 10.5. The van der Waals surface area contributed by atoms with Gasteiger partial charge in [0.05, 0.1) is 18.8 Å². The topological polar surface area (TPSA) is 60.4 Å². The predicted molar refractivity (Wildman–Crippen MR) is 106 cm³/mol. The van der Waals surface area contributed by atoms with Crippen LogP contribution >= 0.6 is 0 Å². The quantitative estimate of drug-likeness (QED) is 0.230. The number of nitrogens with zero attached hydrogens (tertiary/aromatic N) is 2. The van der Waals surface area contributed by atoms with Crippen LogP contribution in [0.4, 0.5) is 0 Å². The van der Waals surface area contributed by atoms with Gasteiger partial charge in [0.15, 0.2) is 6.61 Å². The lowest BCUT2D eigenvalue weighted by molar-refractivity contribution is -0.140. The zero-order valence-electron chi connectivity index (χ0n) is 16.8. The number of benzene rings is 1. The molecule has 0 radical (unpaired) electrons. The molecule has 1 aliphatic rings.